The second-order valence-electron chi connectivity index (χ2n) is 8.72. The Hall–Kier alpha value is -1.95. The van der Waals surface area contributed by atoms with Gasteiger partial charge in [-0.15, -0.1) is 12.4 Å². The Kier molecular flexibility index (Phi) is 11.3. The van der Waals surface area contributed by atoms with Crippen molar-refractivity contribution < 1.29 is 14.3 Å². The molecule has 0 bridgehead atoms. The number of ether oxygens (including phenoxy) is 2. The van der Waals surface area contributed by atoms with Crippen LogP contribution in [0, 0.1) is 5.92 Å². The number of ketones is 1. The van der Waals surface area contributed by atoms with Crippen LogP contribution in [0.25, 0.3) is 0 Å². The third-order valence-corrected chi connectivity index (χ3v) is 6.54. The van der Waals surface area contributed by atoms with Crippen LogP contribution in [0.1, 0.15) is 54.9 Å². The van der Waals surface area contributed by atoms with E-state index in [-0.39, 0.29) is 18.2 Å². The number of rotatable bonds is 11. The van der Waals surface area contributed by atoms with Crippen LogP contribution in [0.4, 0.5) is 5.69 Å². The fourth-order valence-corrected chi connectivity index (χ4v) is 4.18. The molecular formula is C26H36Cl2N2O3. The first-order valence-electron chi connectivity index (χ1n) is 11.6. The van der Waals surface area contributed by atoms with Gasteiger partial charge in [0.1, 0.15) is 11.5 Å². The van der Waals surface area contributed by atoms with Gasteiger partial charge in [-0.1, -0.05) is 30.7 Å². The Balaban J connectivity index is 0.00000385. The average Bonchev–Trinajstić information content (AvgIpc) is 2.80. The number of carbonyl (C=O) groups excluding carboxylic acids is 1. The molecule has 0 amide bonds. The highest BCUT2D eigenvalue weighted by atomic mass is 35.5. The molecule has 1 heterocycles. The van der Waals surface area contributed by atoms with E-state index < -0.39 is 0 Å². The van der Waals surface area contributed by atoms with E-state index in [1.165, 1.54) is 25.9 Å². The van der Waals surface area contributed by atoms with Crippen LogP contribution in [0.15, 0.2) is 36.4 Å². The first-order valence-corrected chi connectivity index (χ1v) is 11.9. The summed E-state index contributed by atoms with van der Waals surface area (Å²) in [5.41, 5.74) is 8.05. The monoisotopic (exact) mass is 494 g/mol. The van der Waals surface area contributed by atoms with Gasteiger partial charge in [-0.25, -0.2) is 0 Å². The van der Waals surface area contributed by atoms with E-state index in [1.54, 1.807) is 19.2 Å². The third kappa shape index (κ3) is 8.40. The Morgan fingerprint density at radius 2 is 1.85 bits per heavy atom. The summed E-state index contributed by atoms with van der Waals surface area (Å²) in [4.78, 5) is 15.4. The number of hydrogen-bond donors (Lipinski definition) is 1. The molecule has 3 rings (SSSR count). The molecule has 182 valence electrons. The van der Waals surface area contributed by atoms with Crippen molar-refractivity contribution in [2.75, 3.05) is 39.1 Å². The Morgan fingerprint density at radius 1 is 1.15 bits per heavy atom. The first kappa shape index (κ1) is 27.3. The van der Waals surface area contributed by atoms with E-state index in [2.05, 4.69) is 11.8 Å². The van der Waals surface area contributed by atoms with Crippen LogP contribution in [0.2, 0.25) is 5.02 Å². The van der Waals surface area contributed by atoms with Crippen LogP contribution in [-0.2, 0) is 6.42 Å². The summed E-state index contributed by atoms with van der Waals surface area (Å²) >= 11 is 6.21. The minimum atomic E-state index is 0. The van der Waals surface area contributed by atoms with Crippen molar-refractivity contribution >= 4 is 35.5 Å². The van der Waals surface area contributed by atoms with Gasteiger partial charge in [0.25, 0.3) is 0 Å². The molecule has 5 nitrogen and oxygen atoms in total. The average molecular weight is 495 g/mol. The SMILES string of the molecule is COc1ccc(CCOc2cc(N)c(Cl)cc2C(=O)CCCCN2CCC(C)CC2)cc1.Cl. The zero-order valence-electron chi connectivity index (χ0n) is 19.6. The number of nitrogens with zero attached hydrogens (tertiary/aromatic N) is 1. The quantitative estimate of drug-likeness (QED) is 0.233. The summed E-state index contributed by atoms with van der Waals surface area (Å²) in [5, 5.41) is 0.387. The van der Waals surface area contributed by atoms with Crippen LogP contribution < -0.4 is 15.2 Å². The molecule has 1 aliphatic rings. The summed E-state index contributed by atoms with van der Waals surface area (Å²) in [6.07, 6.45) is 5.64. The molecule has 7 heteroatoms. The molecule has 0 unspecified atom stereocenters. The van der Waals surface area contributed by atoms with Gasteiger partial charge in [0.15, 0.2) is 5.78 Å². The number of hydrogen-bond acceptors (Lipinski definition) is 5. The molecular weight excluding hydrogens is 459 g/mol. The van der Waals surface area contributed by atoms with E-state index >= 15 is 0 Å². The van der Waals surface area contributed by atoms with Gasteiger partial charge in [0.2, 0.25) is 0 Å². The maximum atomic E-state index is 12.9. The molecule has 0 aromatic heterocycles. The Bertz CT molecular complexity index is 882. The van der Waals surface area contributed by atoms with Crippen molar-refractivity contribution in [3.63, 3.8) is 0 Å². The minimum absolute atomic E-state index is 0. The molecule has 33 heavy (non-hydrogen) atoms. The number of halogens is 2. The number of Topliss-reactive ketones (excluding diaryl/α,β-unsaturated/α-hetero) is 1. The zero-order valence-corrected chi connectivity index (χ0v) is 21.2. The van der Waals surface area contributed by atoms with Crippen molar-refractivity contribution in [2.24, 2.45) is 5.92 Å². The number of methoxy groups -OCH3 is 1. The lowest BCUT2D eigenvalue weighted by molar-refractivity contribution is 0.0973. The van der Waals surface area contributed by atoms with Gasteiger partial charge in [0, 0.05) is 18.9 Å². The topological polar surface area (TPSA) is 64.8 Å². The maximum absolute atomic E-state index is 12.9. The fraction of sp³-hybridized carbons (Fsp3) is 0.500. The third-order valence-electron chi connectivity index (χ3n) is 6.21. The van der Waals surface area contributed by atoms with Crippen LogP contribution in [0.3, 0.4) is 0 Å². The van der Waals surface area contributed by atoms with Crippen LogP contribution in [-0.4, -0.2) is 44.0 Å². The van der Waals surface area contributed by atoms with Gasteiger partial charge >= 0.3 is 0 Å². The first-order chi connectivity index (χ1) is 15.5. The number of unbranched alkanes of at least 4 members (excludes halogenated alkanes) is 1. The highest BCUT2D eigenvalue weighted by Gasteiger charge is 2.17. The molecule has 0 saturated carbocycles. The predicted molar refractivity (Wildman–Crippen MR) is 138 cm³/mol. The van der Waals surface area contributed by atoms with Crippen LogP contribution >= 0.6 is 24.0 Å². The van der Waals surface area contributed by atoms with Gasteiger partial charge in [-0.3, -0.25) is 4.79 Å². The van der Waals surface area contributed by atoms with Gasteiger partial charge in [0.05, 0.1) is 30.0 Å². The van der Waals surface area contributed by atoms with E-state index in [4.69, 9.17) is 26.8 Å². The largest absolute Gasteiger partial charge is 0.497 e. The van der Waals surface area contributed by atoms with Crippen molar-refractivity contribution in [3.05, 3.63) is 52.5 Å². The predicted octanol–water partition coefficient (Wildman–Crippen LogP) is 6.06. The van der Waals surface area contributed by atoms with Crippen molar-refractivity contribution in [3.8, 4) is 11.5 Å². The molecule has 2 N–H and O–H groups in total. The van der Waals surface area contributed by atoms with Crippen molar-refractivity contribution in [1.82, 2.24) is 4.90 Å². The number of likely N-dealkylation sites (tertiary alicyclic amines) is 1. The Morgan fingerprint density at radius 3 is 2.52 bits per heavy atom. The number of nitrogen functional groups attached to an aromatic ring is 1. The van der Waals surface area contributed by atoms with E-state index in [1.807, 2.05) is 24.3 Å². The molecule has 2 aromatic carbocycles. The van der Waals surface area contributed by atoms with Crippen molar-refractivity contribution in [2.45, 2.75) is 45.4 Å². The Labute approximate surface area is 209 Å². The molecule has 0 radical (unpaired) electrons. The molecule has 0 spiro atoms. The summed E-state index contributed by atoms with van der Waals surface area (Å²) < 4.78 is 11.2. The van der Waals surface area contributed by atoms with E-state index in [0.717, 1.165) is 36.6 Å². The standard InChI is InChI=1S/C26H35ClN2O3.ClH/c1-19-10-14-29(15-11-19)13-4-3-5-25(30)22-17-23(27)24(28)18-26(22)32-16-12-20-6-8-21(31-2)9-7-20;/h6-9,17-19H,3-5,10-16,28H2,1-2H3;1H. The minimum Gasteiger partial charge on any atom is -0.497 e. The lowest BCUT2D eigenvalue weighted by atomic mass is 9.99. The summed E-state index contributed by atoms with van der Waals surface area (Å²) in [6.45, 7) is 6.18. The smallest absolute Gasteiger partial charge is 0.166 e. The normalized spacial score (nSPS) is 14.5. The van der Waals surface area contributed by atoms with E-state index in [0.29, 0.717) is 41.5 Å². The number of piperidine rings is 1. The lowest BCUT2D eigenvalue weighted by Gasteiger charge is -2.30. The molecule has 1 fully saturated rings. The van der Waals surface area contributed by atoms with Crippen LogP contribution in [0.5, 0.6) is 11.5 Å². The second-order valence-corrected chi connectivity index (χ2v) is 9.13. The van der Waals surface area contributed by atoms with Gasteiger partial charge < -0.3 is 20.1 Å². The molecule has 0 atom stereocenters. The number of carbonyl (C=O) groups is 1. The van der Waals surface area contributed by atoms with Gasteiger partial charge in [-0.05, 0) is 75.0 Å². The molecule has 1 aliphatic heterocycles. The zero-order chi connectivity index (χ0) is 22.9. The highest BCUT2D eigenvalue weighted by molar-refractivity contribution is 6.33. The molecule has 2 aromatic rings. The lowest BCUT2D eigenvalue weighted by Crippen LogP contribution is -2.33. The van der Waals surface area contributed by atoms with Gasteiger partial charge in [-0.2, -0.15) is 0 Å². The number of benzene rings is 2. The molecule has 1 saturated heterocycles. The maximum Gasteiger partial charge on any atom is 0.166 e. The summed E-state index contributed by atoms with van der Waals surface area (Å²) in [5.74, 6) is 2.23. The summed E-state index contributed by atoms with van der Waals surface area (Å²) in [6, 6.07) is 11.2. The highest BCUT2D eigenvalue weighted by Crippen LogP contribution is 2.30. The number of nitrogens with two attached hydrogens (primary N) is 1. The number of anilines is 1. The molecule has 0 aliphatic carbocycles. The van der Waals surface area contributed by atoms with Crippen molar-refractivity contribution in [1.29, 1.82) is 0 Å². The summed E-state index contributed by atoms with van der Waals surface area (Å²) in [7, 11) is 1.65. The van der Waals surface area contributed by atoms with E-state index in [9.17, 15) is 4.79 Å². The second kappa shape index (κ2) is 13.7. The fourth-order valence-electron chi connectivity index (χ4n) is 4.02.